The van der Waals surface area contributed by atoms with Crippen LogP contribution in [-0.4, -0.2) is 50.6 Å². The van der Waals surface area contributed by atoms with Gasteiger partial charge >= 0.3 is 12.3 Å². The maximum Gasteiger partial charge on any atom is 0.573 e. The second-order valence-electron chi connectivity index (χ2n) is 11.4. The Hall–Kier alpha value is -4.06. The summed E-state index contributed by atoms with van der Waals surface area (Å²) in [6, 6.07) is 12.3. The number of fused-ring (bicyclic) bond motifs is 3. The number of aromatic nitrogens is 3. The minimum absolute atomic E-state index is 0.0331. The average molecular weight is 583 g/mol. The Morgan fingerprint density at radius 3 is 2.52 bits per heavy atom. The van der Waals surface area contributed by atoms with Crippen molar-refractivity contribution in [2.75, 3.05) is 4.90 Å². The highest BCUT2D eigenvalue weighted by molar-refractivity contribution is 6.02. The normalized spacial score (nSPS) is 22.2. The van der Waals surface area contributed by atoms with E-state index in [0.29, 0.717) is 22.4 Å². The van der Waals surface area contributed by atoms with Gasteiger partial charge in [0.2, 0.25) is 0 Å². The van der Waals surface area contributed by atoms with Gasteiger partial charge < -0.3 is 24.0 Å². The largest absolute Gasteiger partial charge is 0.573 e. The highest BCUT2D eigenvalue weighted by Crippen LogP contribution is 2.46. The third-order valence-corrected chi connectivity index (χ3v) is 8.62. The fraction of sp³-hybridized carbons (Fsp3) is 0.433. The van der Waals surface area contributed by atoms with Crippen molar-refractivity contribution >= 4 is 22.6 Å². The Kier molecular flexibility index (Phi) is 6.41. The van der Waals surface area contributed by atoms with E-state index in [2.05, 4.69) is 19.9 Å². The molecule has 2 bridgehead atoms. The molecule has 4 heterocycles. The van der Waals surface area contributed by atoms with Gasteiger partial charge in [0.05, 0.1) is 18.2 Å². The van der Waals surface area contributed by atoms with Crippen molar-refractivity contribution in [1.82, 2.24) is 14.9 Å². The summed E-state index contributed by atoms with van der Waals surface area (Å²) in [7, 11) is 1.75. The zero-order valence-electron chi connectivity index (χ0n) is 22.8. The van der Waals surface area contributed by atoms with Gasteiger partial charge in [-0.2, -0.15) is 5.10 Å². The highest BCUT2D eigenvalue weighted by atomic mass is 19.4. The van der Waals surface area contributed by atoms with Crippen LogP contribution in [0.5, 0.6) is 5.75 Å². The number of rotatable bonds is 8. The van der Waals surface area contributed by atoms with Crippen LogP contribution < -0.4 is 9.64 Å². The average Bonchev–Trinajstić information content (AvgIpc) is 3.54. The SMILES string of the molecule is Cn1nc(C(=O)O)c2ccc(N3C4CC[C@H]3CC(OCc3c(-c5ccccc5OC(F)(F)F)noc3C3CC3)C4)cc21. The fourth-order valence-corrected chi connectivity index (χ4v) is 6.67. The monoisotopic (exact) mass is 582 g/mol. The van der Waals surface area contributed by atoms with Gasteiger partial charge in [0.25, 0.3) is 0 Å². The lowest BCUT2D eigenvalue weighted by Crippen LogP contribution is -2.45. The smallest absolute Gasteiger partial charge is 0.476 e. The first kappa shape index (κ1) is 26.8. The molecule has 42 heavy (non-hydrogen) atoms. The third kappa shape index (κ3) is 4.87. The fourth-order valence-electron chi connectivity index (χ4n) is 6.67. The molecule has 2 aromatic heterocycles. The molecular weight excluding hydrogens is 553 g/mol. The zero-order chi connectivity index (χ0) is 29.2. The summed E-state index contributed by atoms with van der Waals surface area (Å²) in [5, 5.41) is 18.4. The maximum atomic E-state index is 13.1. The molecule has 3 atom stereocenters. The molecule has 2 unspecified atom stereocenters. The summed E-state index contributed by atoms with van der Waals surface area (Å²) in [6.45, 7) is 0.189. The molecule has 0 radical (unpaired) electrons. The molecule has 220 valence electrons. The second-order valence-corrected chi connectivity index (χ2v) is 11.4. The lowest BCUT2D eigenvalue weighted by atomic mass is 9.98. The van der Waals surface area contributed by atoms with Crippen LogP contribution in [0.4, 0.5) is 18.9 Å². The Morgan fingerprint density at radius 2 is 1.83 bits per heavy atom. The first-order valence-electron chi connectivity index (χ1n) is 14.1. The number of para-hydroxylation sites is 1. The Balaban J connectivity index is 1.10. The Labute approximate surface area is 238 Å². The molecule has 1 N–H and O–H groups in total. The number of carboxylic acid groups (broad SMARTS) is 1. The Bertz CT molecular complexity index is 1650. The third-order valence-electron chi connectivity index (χ3n) is 8.62. The number of alkyl halides is 3. The van der Waals surface area contributed by atoms with Crippen LogP contribution in [0.2, 0.25) is 0 Å². The number of benzene rings is 2. The van der Waals surface area contributed by atoms with E-state index in [1.54, 1.807) is 23.9 Å². The van der Waals surface area contributed by atoms with Crippen molar-refractivity contribution < 1.29 is 37.1 Å². The van der Waals surface area contributed by atoms with Crippen LogP contribution in [-0.2, 0) is 18.4 Å². The summed E-state index contributed by atoms with van der Waals surface area (Å²) in [4.78, 5) is 14.0. The van der Waals surface area contributed by atoms with Crippen LogP contribution in [0.15, 0.2) is 47.0 Å². The van der Waals surface area contributed by atoms with Crippen LogP contribution in [0, 0.1) is 0 Å². The molecule has 3 fully saturated rings. The van der Waals surface area contributed by atoms with E-state index in [9.17, 15) is 23.1 Å². The number of piperidine rings is 1. The van der Waals surface area contributed by atoms with Crippen LogP contribution >= 0.6 is 0 Å². The lowest BCUT2D eigenvalue weighted by Gasteiger charge is -2.40. The summed E-state index contributed by atoms with van der Waals surface area (Å²) in [5.41, 5.74) is 3.07. The van der Waals surface area contributed by atoms with E-state index in [-0.39, 0.29) is 47.7 Å². The number of hydrogen-bond acceptors (Lipinski definition) is 7. The number of aryl methyl sites for hydroxylation is 1. The predicted octanol–water partition coefficient (Wildman–Crippen LogP) is 6.42. The number of nitrogens with zero attached hydrogens (tertiary/aromatic N) is 4. The van der Waals surface area contributed by atoms with E-state index < -0.39 is 12.3 Å². The van der Waals surface area contributed by atoms with E-state index in [4.69, 9.17) is 9.26 Å². The lowest BCUT2D eigenvalue weighted by molar-refractivity contribution is -0.274. The molecule has 2 aliphatic heterocycles. The van der Waals surface area contributed by atoms with Gasteiger partial charge in [-0.1, -0.05) is 17.3 Å². The van der Waals surface area contributed by atoms with Crippen molar-refractivity contribution in [2.45, 2.75) is 75.6 Å². The van der Waals surface area contributed by atoms with Crippen LogP contribution in [0.3, 0.4) is 0 Å². The first-order chi connectivity index (χ1) is 20.2. The standard InChI is InChI=1S/C30H29F3N4O5/c1-36-24-14-19(10-11-21(24)27(34-36)29(38)39)37-17-8-9-18(37)13-20(12-17)40-15-23-26(35-42-28(23)16-6-7-16)22-4-2-3-5-25(22)41-30(31,32)33/h2-5,10-11,14,16-18,20H,6-9,12-13,15H2,1H3,(H,38,39)/t17-,18?,20?/m0/s1. The minimum atomic E-state index is -4.83. The number of anilines is 1. The number of hydrogen-bond donors (Lipinski definition) is 1. The summed E-state index contributed by atoms with van der Waals surface area (Å²) in [5.74, 6) is -0.503. The van der Waals surface area contributed by atoms with Gasteiger partial charge in [-0.25, -0.2) is 4.79 Å². The number of ether oxygens (including phenoxy) is 2. The number of carbonyl (C=O) groups is 1. The highest BCUT2D eigenvalue weighted by Gasteiger charge is 2.42. The van der Waals surface area contributed by atoms with Gasteiger partial charge in [0, 0.05) is 47.2 Å². The Morgan fingerprint density at radius 1 is 1.10 bits per heavy atom. The number of carboxylic acids is 1. The topological polar surface area (TPSA) is 103 Å². The number of halogens is 3. The number of aromatic carboxylic acids is 1. The van der Waals surface area contributed by atoms with Gasteiger partial charge in [0.15, 0.2) is 5.69 Å². The molecule has 7 rings (SSSR count). The molecule has 1 aliphatic carbocycles. The van der Waals surface area contributed by atoms with Gasteiger partial charge in [-0.15, -0.1) is 13.2 Å². The van der Waals surface area contributed by atoms with Crippen LogP contribution in [0.1, 0.15) is 66.3 Å². The van der Waals surface area contributed by atoms with Gasteiger partial charge in [-0.3, -0.25) is 4.68 Å². The molecule has 9 nitrogen and oxygen atoms in total. The predicted molar refractivity (Wildman–Crippen MR) is 145 cm³/mol. The summed E-state index contributed by atoms with van der Waals surface area (Å²) >= 11 is 0. The summed E-state index contributed by atoms with van der Waals surface area (Å²) in [6.07, 6.45) is 0.656. The molecule has 2 saturated heterocycles. The molecule has 1 saturated carbocycles. The maximum absolute atomic E-state index is 13.1. The molecule has 12 heteroatoms. The van der Waals surface area contributed by atoms with Crippen molar-refractivity contribution in [3.63, 3.8) is 0 Å². The molecule has 2 aromatic carbocycles. The van der Waals surface area contributed by atoms with Gasteiger partial charge in [-0.05, 0) is 68.9 Å². The van der Waals surface area contributed by atoms with E-state index in [0.717, 1.165) is 49.7 Å². The van der Waals surface area contributed by atoms with E-state index in [1.165, 1.54) is 12.1 Å². The van der Waals surface area contributed by atoms with Crippen LogP contribution in [0.25, 0.3) is 22.2 Å². The first-order valence-corrected chi connectivity index (χ1v) is 14.1. The quantitative estimate of drug-likeness (QED) is 0.254. The summed E-state index contributed by atoms with van der Waals surface area (Å²) < 4.78 is 57.4. The van der Waals surface area contributed by atoms with E-state index in [1.807, 2.05) is 18.2 Å². The zero-order valence-corrected chi connectivity index (χ0v) is 22.8. The second kappa shape index (κ2) is 10.0. The van der Waals surface area contributed by atoms with Crippen molar-refractivity contribution in [1.29, 1.82) is 0 Å². The van der Waals surface area contributed by atoms with E-state index >= 15 is 0 Å². The molecule has 0 spiro atoms. The van der Waals surface area contributed by atoms with Crippen molar-refractivity contribution in [3.8, 4) is 17.0 Å². The molecule has 3 aliphatic rings. The van der Waals surface area contributed by atoms with Crippen molar-refractivity contribution in [3.05, 3.63) is 59.5 Å². The molecule has 4 aromatic rings. The van der Waals surface area contributed by atoms with Gasteiger partial charge in [0.1, 0.15) is 17.2 Å². The molecular formula is C30H29F3N4O5. The minimum Gasteiger partial charge on any atom is -0.476 e. The van der Waals surface area contributed by atoms with Crippen molar-refractivity contribution in [2.24, 2.45) is 7.05 Å². The molecule has 0 amide bonds.